The topological polar surface area (TPSA) is 454 Å². The van der Waals surface area contributed by atoms with Crippen molar-refractivity contribution in [3.63, 3.8) is 0 Å². The molecule has 0 aliphatic carbocycles. The zero-order valence-corrected chi connectivity index (χ0v) is 47.8. The number of aromatic nitrogens is 2. The highest BCUT2D eigenvalue weighted by Gasteiger charge is 2.36. The molecule has 0 saturated heterocycles. The van der Waals surface area contributed by atoms with Crippen molar-refractivity contribution in [3.05, 3.63) is 18.2 Å². The predicted molar refractivity (Wildman–Crippen MR) is 300 cm³/mol. The Morgan fingerprint density at radius 1 is 0.615 bits per heavy atom. The Morgan fingerprint density at radius 3 is 1.54 bits per heavy atom. The molecule has 0 radical (unpaired) electrons. The SMILES string of the molecule is CCCC[C@H](NC(=O)[C@H](CCCN=C(N)N)NC(=O)[C@H](Cc1cnc[nH]1)NC(=O)C(CSC(C)(C)C)NC(=O)[C@H](CCCCN)NC(C)=O)C(=O)N[C@H](C(=O)N[C@@H](CC(C)C)C(=O)N[C@@H](CCCN=C(N)N)C(=O)O)C(C)C. The van der Waals surface area contributed by atoms with Crippen LogP contribution < -0.4 is 71.2 Å². The summed E-state index contributed by atoms with van der Waals surface area (Å²) < 4.78 is -0.358. The first-order valence-corrected chi connectivity index (χ1v) is 27.6. The van der Waals surface area contributed by atoms with Crippen LogP contribution in [-0.2, 0) is 49.6 Å². The van der Waals surface area contributed by atoms with Gasteiger partial charge in [0.05, 0.1) is 6.33 Å². The summed E-state index contributed by atoms with van der Waals surface area (Å²) in [6.45, 7) is 16.5. The van der Waals surface area contributed by atoms with Gasteiger partial charge in [0.25, 0.3) is 0 Å². The summed E-state index contributed by atoms with van der Waals surface area (Å²) >= 11 is 1.38. The Morgan fingerprint density at radius 2 is 1.06 bits per heavy atom. The molecule has 0 aromatic carbocycles. The quantitative estimate of drug-likeness (QED) is 0.0206. The molecule has 1 aromatic rings. The number of aliphatic imine (C=N–C) groups is 2. The van der Waals surface area contributed by atoms with Crippen LogP contribution in [0.4, 0.5) is 0 Å². The van der Waals surface area contributed by atoms with Gasteiger partial charge in [0.15, 0.2) is 11.9 Å². The average Bonchev–Trinajstić information content (AvgIpc) is 3.86. The Kier molecular flexibility index (Phi) is 32.3. The van der Waals surface area contributed by atoms with Crippen molar-refractivity contribution in [1.82, 2.24) is 52.5 Å². The van der Waals surface area contributed by atoms with Crippen LogP contribution in [0.15, 0.2) is 22.5 Å². The number of H-pyrrole nitrogens is 1. The Balaban J connectivity index is 3.59. The van der Waals surface area contributed by atoms with Crippen molar-refractivity contribution in [2.75, 3.05) is 25.4 Å². The summed E-state index contributed by atoms with van der Waals surface area (Å²) in [4.78, 5) is 138. The van der Waals surface area contributed by atoms with Gasteiger partial charge in [0.1, 0.15) is 48.3 Å². The van der Waals surface area contributed by atoms with E-state index in [-0.39, 0.29) is 92.8 Å². The van der Waals surface area contributed by atoms with Gasteiger partial charge in [-0.2, -0.15) is 11.8 Å². The number of carboxylic acid groups (broad SMARTS) is 1. The first-order chi connectivity index (χ1) is 36.6. The van der Waals surface area contributed by atoms with E-state index in [4.69, 9.17) is 28.7 Å². The number of aromatic amines is 1. The average molecular weight is 1120 g/mol. The van der Waals surface area contributed by atoms with Crippen molar-refractivity contribution in [2.45, 2.75) is 192 Å². The molecule has 8 atom stereocenters. The molecule has 0 spiro atoms. The second kappa shape index (κ2) is 36.4. The van der Waals surface area contributed by atoms with E-state index in [2.05, 4.69) is 62.5 Å². The molecule has 8 amide bonds. The van der Waals surface area contributed by atoms with E-state index in [9.17, 15) is 48.3 Å². The number of rotatable bonds is 38. The molecular formula is C50H91N17O10S. The summed E-state index contributed by atoms with van der Waals surface area (Å²) in [5, 5.41) is 31.5. The van der Waals surface area contributed by atoms with E-state index in [0.717, 1.165) is 0 Å². The summed E-state index contributed by atoms with van der Waals surface area (Å²) in [5.41, 5.74) is 28.0. The van der Waals surface area contributed by atoms with Crippen LogP contribution in [0.3, 0.4) is 0 Å². The van der Waals surface area contributed by atoms with Gasteiger partial charge < -0.3 is 81.3 Å². The van der Waals surface area contributed by atoms with E-state index in [1.165, 1.54) is 31.2 Å². The molecular weight excluding hydrogens is 1030 g/mol. The monoisotopic (exact) mass is 1120 g/mol. The fourth-order valence-electron chi connectivity index (χ4n) is 7.67. The number of hydrogen-bond donors (Lipinski definition) is 15. The molecule has 78 heavy (non-hydrogen) atoms. The predicted octanol–water partition coefficient (Wildman–Crippen LogP) is -1.40. The number of amides is 8. The first kappa shape index (κ1) is 69.3. The van der Waals surface area contributed by atoms with Gasteiger partial charge in [-0.15, -0.1) is 0 Å². The van der Waals surface area contributed by atoms with Gasteiger partial charge in [0, 0.05) is 48.8 Å². The summed E-state index contributed by atoms with van der Waals surface area (Å²) in [7, 11) is 0. The molecule has 1 rings (SSSR count). The van der Waals surface area contributed by atoms with Crippen LogP contribution in [-0.4, -0.2) is 159 Å². The second-order valence-electron chi connectivity index (χ2n) is 20.8. The minimum Gasteiger partial charge on any atom is -0.480 e. The van der Waals surface area contributed by atoms with E-state index in [1.807, 2.05) is 41.5 Å². The van der Waals surface area contributed by atoms with Crippen LogP contribution in [0, 0.1) is 11.8 Å². The standard InChI is InChI=1S/C50H91N17O10S/c1-10-11-16-33(42(71)67-39(29(4)5)46(75)65-36(23-28(2)3)43(72)63-35(47(76)77)19-15-22-58-49(54)55)61-41(70)34(18-14-21-57-48(52)53)62-44(73)37(24-31-25-56-27-59-31)64-45(74)38(26-78-50(7,8)9)66-40(69)32(60-30(6)68)17-12-13-20-51/h25,27-29,32-39H,10-24,26,51H2,1-9H3,(H,56,59)(H,60,68)(H,61,70)(H,62,73)(H,63,72)(H,64,74)(H,65,75)(H,66,69)(H,67,71)(H,76,77)(H4,52,53,57)(H4,54,55,58)/t32-,33-,34-,35-,36-,37-,38?,39-/m0/s1. The summed E-state index contributed by atoms with van der Waals surface area (Å²) in [6, 6.07) is -9.85. The summed E-state index contributed by atoms with van der Waals surface area (Å²) in [5.74, 6) is -7.86. The third kappa shape index (κ3) is 29.1. The smallest absolute Gasteiger partial charge is 0.326 e. The van der Waals surface area contributed by atoms with Crippen molar-refractivity contribution >= 4 is 76.9 Å². The number of carbonyl (C=O) groups excluding carboxylic acids is 8. The lowest BCUT2D eigenvalue weighted by atomic mass is 9.98. The van der Waals surface area contributed by atoms with Crippen molar-refractivity contribution in [3.8, 4) is 0 Å². The third-order valence-electron chi connectivity index (χ3n) is 11.8. The lowest BCUT2D eigenvalue weighted by molar-refractivity contribution is -0.142. The van der Waals surface area contributed by atoms with Gasteiger partial charge in [-0.3, -0.25) is 48.3 Å². The largest absolute Gasteiger partial charge is 0.480 e. The zero-order valence-electron chi connectivity index (χ0n) is 47.0. The van der Waals surface area contributed by atoms with E-state index in [1.54, 1.807) is 13.8 Å². The van der Waals surface area contributed by atoms with Gasteiger partial charge in [-0.05, 0) is 76.2 Å². The number of aliphatic carboxylic acids is 1. The zero-order chi connectivity index (χ0) is 59.1. The number of nitrogens with two attached hydrogens (primary N) is 5. The molecule has 1 heterocycles. The van der Waals surface area contributed by atoms with Gasteiger partial charge in [-0.25, -0.2) is 9.78 Å². The molecule has 1 aromatic heterocycles. The first-order valence-electron chi connectivity index (χ1n) is 26.6. The van der Waals surface area contributed by atoms with Crippen LogP contribution in [0.25, 0.3) is 0 Å². The molecule has 0 bridgehead atoms. The molecule has 0 fully saturated rings. The fourth-order valence-corrected chi connectivity index (χ4v) is 8.58. The number of thioether (sulfide) groups is 1. The number of carbonyl (C=O) groups is 9. The van der Waals surface area contributed by atoms with Gasteiger partial charge in [0.2, 0.25) is 47.3 Å². The highest BCUT2D eigenvalue weighted by Crippen LogP contribution is 2.24. The normalized spacial score (nSPS) is 14.4. The lowest BCUT2D eigenvalue weighted by Crippen LogP contribution is -2.61. The number of imidazole rings is 1. The molecule has 0 aliphatic heterocycles. The van der Waals surface area contributed by atoms with E-state index < -0.39 is 107 Å². The van der Waals surface area contributed by atoms with Crippen molar-refractivity contribution < 1.29 is 48.3 Å². The number of nitrogens with one attached hydrogen (secondary N) is 9. The van der Waals surface area contributed by atoms with E-state index in [0.29, 0.717) is 37.9 Å². The molecule has 1 unspecified atom stereocenters. The number of carboxylic acids is 1. The minimum absolute atomic E-state index is 0.00250. The van der Waals surface area contributed by atoms with Gasteiger partial charge >= 0.3 is 5.97 Å². The number of unbranched alkanes of at least 4 members (excludes halogenated alkanes) is 2. The second-order valence-corrected chi connectivity index (χ2v) is 22.7. The molecule has 27 nitrogen and oxygen atoms in total. The molecule has 20 N–H and O–H groups in total. The molecule has 0 aliphatic rings. The highest BCUT2D eigenvalue weighted by atomic mass is 32.2. The number of hydrogen-bond acceptors (Lipinski definition) is 14. The number of nitrogens with zero attached hydrogens (tertiary/aromatic N) is 3. The number of guanidine groups is 2. The van der Waals surface area contributed by atoms with Crippen molar-refractivity contribution in [2.24, 2.45) is 50.5 Å². The maximum absolute atomic E-state index is 14.5. The lowest BCUT2D eigenvalue weighted by Gasteiger charge is -2.29. The molecule has 0 saturated carbocycles. The van der Waals surface area contributed by atoms with Crippen LogP contribution in [0.1, 0.15) is 139 Å². The van der Waals surface area contributed by atoms with Crippen LogP contribution in [0.5, 0.6) is 0 Å². The Labute approximate surface area is 462 Å². The highest BCUT2D eigenvalue weighted by molar-refractivity contribution is 8.00. The maximum atomic E-state index is 14.5. The Hall–Kier alpha value is -6.71. The van der Waals surface area contributed by atoms with Crippen LogP contribution >= 0.6 is 11.8 Å². The van der Waals surface area contributed by atoms with Gasteiger partial charge in [-0.1, -0.05) is 68.2 Å². The van der Waals surface area contributed by atoms with Crippen LogP contribution in [0.2, 0.25) is 0 Å². The van der Waals surface area contributed by atoms with E-state index >= 15 is 0 Å². The minimum atomic E-state index is -1.36. The molecule has 442 valence electrons. The Bertz CT molecular complexity index is 2130. The van der Waals surface area contributed by atoms with Crippen molar-refractivity contribution in [1.29, 1.82) is 0 Å². The third-order valence-corrected chi connectivity index (χ3v) is 13.1. The molecule has 28 heteroatoms. The fraction of sp³-hybridized carbons (Fsp3) is 0.720. The summed E-state index contributed by atoms with van der Waals surface area (Å²) in [6.07, 6.45) is 5.75. The maximum Gasteiger partial charge on any atom is 0.326 e.